The Morgan fingerprint density at radius 1 is 1.11 bits per heavy atom. The molecule has 0 unspecified atom stereocenters. The van der Waals surface area contributed by atoms with Crippen LogP contribution in [0.25, 0.3) is 0 Å². The van der Waals surface area contributed by atoms with Crippen LogP contribution in [0, 0.1) is 5.92 Å². The minimum Gasteiger partial charge on any atom is -0.383 e. The lowest BCUT2D eigenvalue weighted by Gasteiger charge is -2.30. The summed E-state index contributed by atoms with van der Waals surface area (Å²) in [7, 11) is 1.79. The van der Waals surface area contributed by atoms with E-state index in [2.05, 4.69) is 37.9 Å². The Kier molecular flexibility index (Phi) is 11.9. The van der Waals surface area contributed by atoms with Gasteiger partial charge < -0.3 is 10.1 Å². The average molecular weight is 258 g/mol. The van der Waals surface area contributed by atoms with Gasteiger partial charge in [0.2, 0.25) is 0 Å². The van der Waals surface area contributed by atoms with E-state index in [1.54, 1.807) is 7.11 Å². The summed E-state index contributed by atoms with van der Waals surface area (Å²) in [4.78, 5) is 2.58. The van der Waals surface area contributed by atoms with Crippen LogP contribution in [0.1, 0.15) is 47.0 Å². The molecule has 110 valence electrons. The first-order valence-corrected chi connectivity index (χ1v) is 7.59. The third-order valence-corrected chi connectivity index (χ3v) is 3.39. The molecule has 0 aromatic heterocycles. The summed E-state index contributed by atoms with van der Waals surface area (Å²) in [6.07, 6.45) is 3.70. The zero-order chi connectivity index (χ0) is 13.8. The standard InChI is InChI=1S/C15H34N2O/c1-6-15(7-2)17(11-12-18-5)10-8-9-16-13-14(3)4/h14-16H,6-13H2,1-5H3. The summed E-state index contributed by atoms with van der Waals surface area (Å²) in [6, 6.07) is 0.713. The summed E-state index contributed by atoms with van der Waals surface area (Å²) in [5.74, 6) is 0.744. The fourth-order valence-electron chi connectivity index (χ4n) is 2.29. The molecule has 0 atom stereocenters. The molecule has 0 spiro atoms. The highest BCUT2D eigenvalue weighted by atomic mass is 16.5. The highest BCUT2D eigenvalue weighted by Crippen LogP contribution is 2.08. The van der Waals surface area contributed by atoms with Crippen LogP contribution in [-0.2, 0) is 4.74 Å². The largest absolute Gasteiger partial charge is 0.383 e. The van der Waals surface area contributed by atoms with Crippen molar-refractivity contribution < 1.29 is 4.74 Å². The van der Waals surface area contributed by atoms with Gasteiger partial charge in [-0.05, 0) is 44.8 Å². The van der Waals surface area contributed by atoms with E-state index >= 15 is 0 Å². The maximum Gasteiger partial charge on any atom is 0.0589 e. The molecule has 0 aliphatic heterocycles. The maximum atomic E-state index is 5.21. The molecule has 3 nitrogen and oxygen atoms in total. The minimum atomic E-state index is 0.713. The number of nitrogens with one attached hydrogen (secondary N) is 1. The van der Waals surface area contributed by atoms with Crippen molar-refractivity contribution in [2.75, 3.05) is 39.9 Å². The van der Waals surface area contributed by atoms with Crippen molar-refractivity contribution in [3.8, 4) is 0 Å². The van der Waals surface area contributed by atoms with Crippen molar-refractivity contribution in [1.82, 2.24) is 10.2 Å². The molecular formula is C15H34N2O. The van der Waals surface area contributed by atoms with Gasteiger partial charge >= 0.3 is 0 Å². The van der Waals surface area contributed by atoms with Crippen LogP contribution in [0.15, 0.2) is 0 Å². The predicted octanol–water partition coefficient (Wildman–Crippen LogP) is 2.76. The molecule has 1 N–H and O–H groups in total. The monoisotopic (exact) mass is 258 g/mol. The third-order valence-electron chi connectivity index (χ3n) is 3.39. The molecule has 0 bridgehead atoms. The first kappa shape index (κ1) is 17.9. The van der Waals surface area contributed by atoms with Crippen molar-refractivity contribution in [2.45, 2.75) is 53.0 Å². The molecule has 0 aliphatic rings. The first-order valence-electron chi connectivity index (χ1n) is 7.59. The quantitative estimate of drug-likeness (QED) is 0.545. The van der Waals surface area contributed by atoms with E-state index < -0.39 is 0 Å². The van der Waals surface area contributed by atoms with E-state index in [-0.39, 0.29) is 0 Å². The highest BCUT2D eigenvalue weighted by Gasteiger charge is 2.13. The SMILES string of the molecule is CCC(CC)N(CCCNCC(C)C)CCOC. The van der Waals surface area contributed by atoms with E-state index in [9.17, 15) is 0 Å². The molecule has 0 rings (SSSR count). The predicted molar refractivity (Wildman–Crippen MR) is 80.1 cm³/mol. The average Bonchev–Trinajstić information content (AvgIpc) is 2.35. The molecule has 3 heteroatoms. The van der Waals surface area contributed by atoms with Crippen molar-refractivity contribution in [2.24, 2.45) is 5.92 Å². The number of rotatable bonds is 12. The second kappa shape index (κ2) is 11.9. The van der Waals surface area contributed by atoms with Crippen LogP contribution < -0.4 is 5.32 Å². The third kappa shape index (κ3) is 8.90. The van der Waals surface area contributed by atoms with Crippen LogP contribution in [0.5, 0.6) is 0 Å². The normalized spacial score (nSPS) is 12.0. The van der Waals surface area contributed by atoms with Crippen molar-refractivity contribution in [3.05, 3.63) is 0 Å². The van der Waals surface area contributed by atoms with Gasteiger partial charge in [-0.1, -0.05) is 27.7 Å². The summed E-state index contributed by atoms with van der Waals surface area (Å²) in [6.45, 7) is 14.4. The Balaban J connectivity index is 3.85. The zero-order valence-corrected chi connectivity index (χ0v) is 13.2. The second-order valence-electron chi connectivity index (χ2n) is 5.45. The molecule has 0 radical (unpaired) electrons. The lowest BCUT2D eigenvalue weighted by molar-refractivity contribution is 0.114. The molecule has 18 heavy (non-hydrogen) atoms. The fraction of sp³-hybridized carbons (Fsp3) is 1.00. The van der Waals surface area contributed by atoms with Gasteiger partial charge in [0.15, 0.2) is 0 Å². The Hall–Kier alpha value is -0.120. The smallest absolute Gasteiger partial charge is 0.0589 e. The molecule has 0 heterocycles. The van der Waals surface area contributed by atoms with Gasteiger partial charge in [0.25, 0.3) is 0 Å². The van der Waals surface area contributed by atoms with Crippen LogP contribution in [-0.4, -0.2) is 50.8 Å². The number of hydrogen-bond donors (Lipinski definition) is 1. The van der Waals surface area contributed by atoms with Gasteiger partial charge in [0.1, 0.15) is 0 Å². The summed E-state index contributed by atoms with van der Waals surface area (Å²) in [5.41, 5.74) is 0. The van der Waals surface area contributed by atoms with Gasteiger partial charge in [-0.25, -0.2) is 0 Å². The molecule has 0 aromatic carbocycles. The fourth-order valence-corrected chi connectivity index (χ4v) is 2.29. The van der Waals surface area contributed by atoms with E-state index in [1.807, 2.05) is 0 Å². The van der Waals surface area contributed by atoms with Gasteiger partial charge in [-0.3, -0.25) is 4.90 Å². The Labute approximate surface area is 114 Å². The lowest BCUT2D eigenvalue weighted by atomic mass is 10.1. The van der Waals surface area contributed by atoms with Crippen molar-refractivity contribution >= 4 is 0 Å². The molecule has 0 aliphatic carbocycles. The zero-order valence-electron chi connectivity index (χ0n) is 13.2. The number of methoxy groups -OCH3 is 1. The minimum absolute atomic E-state index is 0.713. The van der Waals surface area contributed by atoms with Crippen LogP contribution in [0.3, 0.4) is 0 Å². The van der Waals surface area contributed by atoms with Gasteiger partial charge in [0.05, 0.1) is 6.61 Å². The summed E-state index contributed by atoms with van der Waals surface area (Å²) < 4.78 is 5.21. The van der Waals surface area contributed by atoms with Crippen LogP contribution >= 0.6 is 0 Å². The Morgan fingerprint density at radius 2 is 1.78 bits per heavy atom. The van der Waals surface area contributed by atoms with Gasteiger partial charge in [-0.2, -0.15) is 0 Å². The van der Waals surface area contributed by atoms with Crippen LogP contribution in [0.2, 0.25) is 0 Å². The molecular weight excluding hydrogens is 224 g/mol. The molecule has 0 aromatic rings. The summed E-state index contributed by atoms with van der Waals surface area (Å²) in [5, 5.41) is 3.51. The van der Waals surface area contributed by atoms with Crippen molar-refractivity contribution in [3.63, 3.8) is 0 Å². The first-order chi connectivity index (χ1) is 8.65. The van der Waals surface area contributed by atoms with Crippen molar-refractivity contribution in [1.29, 1.82) is 0 Å². The Morgan fingerprint density at radius 3 is 2.28 bits per heavy atom. The maximum absolute atomic E-state index is 5.21. The summed E-state index contributed by atoms with van der Waals surface area (Å²) >= 11 is 0. The van der Waals surface area contributed by atoms with Gasteiger partial charge in [-0.15, -0.1) is 0 Å². The Bertz CT molecular complexity index is 170. The van der Waals surface area contributed by atoms with Gasteiger partial charge in [0, 0.05) is 19.7 Å². The highest BCUT2D eigenvalue weighted by molar-refractivity contribution is 4.69. The molecule has 0 saturated heterocycles. The molecule has 0 fully saturated rings. The molecule has 0 amide bonds. The van der Waals surface area contributed by atoms with Crippen LogP contribution in [0.4, 0.5) is 0 Å². The number of ether oxygens (including phenoxy) is 1. The number of hydrogen-bond acceptors (Lipinski definition) is 3. The van der Waals surface area contributed by atoms with E-state index in [1.165, 1.54) is 25.8 Å². The lowest BCUT2D eigenvalue weighted by Crippen LogP contribution is -2.38. The van der Waals surface area contributed by atoms with E-state index in [0.29, 0.717) is 6.04 Å². The second-order valence-corrected chi connectivity index (χ2v) is 5.45. The topological polar surface area (TPSA) is 24.5 Å². The van der Waals surface area contributed by atoms with E-state index in [4.69, 9.17) is 4.74 Å². The van der Waals surface area contributed by atoms with E-state index in [0.717, 1.165) is 32.2 Å². The molecule has 0 saturated carbocycles. The number of nitrogens with zero attached hydrogens (tertiary/aromatic N) is 1.